The first-order chi connectivity index (χ1) is 11.7. The van der Waals surface area contributed by atoms with E-state index in [-0.39, 0.29) is 6.04 Å². The number of nitrogens with zero attached hydrogens (tertiary/aromatic N) is 4. The van der Waals surface area contributed by atoms with Crippen LogP contribution in [0, 0.1) is 6.92 Å². The lowest BCUT2D eigenvalue weighted by Gasteiger charge is -2.30. The summed E-state index contributed by atoms with van der Waals surface area (Å²) in [4.78, 5) is 11.2. The molecule has 4 rings (SSSR count). The Labute approximate surface area is 139 Å². The van der Waals surface area contributed by atoms with Crippen molar-refractivity contribution in [2.75, 3.05) is 26.7 Å². The molecule has 0 spiro atoms. The summed E-state index contributed by atoms with van der Waals surface area (Å²) in [5.74, 6) is 2.12. The van der Waals surface area contributed by atoms with Gasteiger partial charge in [-0.1, -0.05) is 23.4 Å². The second-order valence-corrected chi connectivity index (χ2v) is 5.96. The van der Waals surface area contributed by atoms with Gasteiger partial charge in [-0.05, 0) is 26.1 Å². The molecular weight excluding hydrogens is 306 g/mol. The quantitative estimate of drug-likeness (QED) is 0.791. The summed E-state index contributed by atoms with van der Waals surface area (Å²) in [6.45, 7) is 4.61. The number of rotatable bonds is 3. The molecule has 1 N–H and O–H groups in total. The maximum absolute atomic E-state index is 5.88. The van der Waals surface area contributed by atoms with Crippen molar-refractivity contribution in [2.45, 2.75) is 13.0 Å². The molecule has 1 saturated heterocycles. The van der Waals surface area contributed by atoms with E-state index in [1.165, 1.54) is 0 Å². The highest BCUT2D eigenvalue weighted by Crippen LogP contribution is 2.29. The molecule has 0 bridgehead atoms. The van der Waals surface area contributed by atoms with Gasteiger partial charge in [0.2, 0.25) is 11.7 Å². The lowest BCUT2D eigenvalue weighted by atomic mass is 10.2. The highest BCUT2D eigenvalue weighted by molar-refractivity contribution is 5.58. The molecule has 1 atom stereocenters. The van der Waals surface area contributed by atoms with Crippen molar-refractivity contribution in [3.05, 3.63) is 41.9 Å². The van der Waals surface area contributed by atoms with Gasteiger partial charge < -0.3 is 14.3 Å². The monoisotopic (exact) mass is 325 g/mol. The molecule has 7 nitrogen and oxygen atoms in total. The van der Waals surface area contributed by atoms with Crippen molar-refractivity contribution in [3.63, 3.8) is 0 Å². The normalized spacial score (nSPS) is 18.8. The van der Waals surface area contributed by atoms with E-state index in [2.05, 4.69) is 32.4 Å². The van der Waals surface area contributed by atoms with Gasteiger partial charge in [-0.3, -0.25) is 4.90 Å². The van der Waals surface area contributed by atoms with E-state index in [0.29, 0.717) is 23.4 Å². The fourth-order valence-corrected chi connectivity index (χ4v) is 2.86. The predicted molar refractivity (Wildman–Crippen MR) is 88.2 cm³/mol. The van der Waals surface area contributed by atoms with E-state index in [9.17, 15) is 0 Å². The zero-order valence-electron chi connectivity index (χ0n) is 13.7. The first kappa shape index (κ1) is 15.0. The van der Waals surface area contributed by atoms with Gasteiger partial charge in [0.25, 0.3) is 5.89 Å². The van der Waals surface area contributed by atoms with Crippen LogP contribution < -0.4 is 5.32 Å². The standard InChI is InChI=1S/C17H19N5O2/c1-11-14(23-16(19-11)12-6-4-3-5-7-12)17-20-15(21-24-17)13-10-18-8-9-22(13)2/h3-7,13,18H,8-10H2,1-2H3. The molecular formula is C17H19N5O2. The number of hydrogen-bond acceptors (Lipinski definition) is 7. The molecule has 1 unspecified atom stereocenters. The molecule has 2 aromatic heterocycles. The lowest BCUT2D eigenvalue weighted by Crippen LogP contribution is -2.44. The lowest BCUT2D eigenvalue weighted by molar-refractivity contribution is 0.190. The second-order valence-electron chi connectivity index (χ2n) is 5.96. The van der Waals surface area contributed by atoms with Crippen LogP contribution in [0.5, 0.6) is 0 Å². The van der Waals surface area contributed by atoms with E-state index in [4.69, 9.17) is 8.94 Å². The molecule has 0 aliphatic carbocycles. The number of aromatic nitrogens is 3. The average molecular weight is 325 g/mol. The molecule has 0 saturated carbocycles. The third-order valence-corrected chi connectivity index (χ3v) is 4.26. The van der Waals surface area contributed by atoms with E-state index in [1.807, 2.05) is 37.3 Å². The zero-order chi connectivity index (χ0) is 16.5. The molecule has 1 fully saturated rings. The minimum absolute atomic E-state index is 0.105. The topological polar surface area (TPSA) is 80.2 Å². The number of aryl methyl sites for hydroxylation is 1. The van der Waals surface area contributed by atoms with Crippen molar-refractivity contribution in [1.82, 2.24) is 25.3 Å². The second kappa shape index (κ2) is 6.18. The number of hydrogen-bond donors (Lipinski definition) is 1. The Morgan fingerprint density at radius 1 is 1.17 bits per heavy atom. The number of nitrogens with one attached hydrogen (secondary N) is 1. The molecule has 3 heterocycles. The molecule has 7 heteroatoms. The van der Waals surface area contributed by atoms with Crippen LogP contribution in [0.2, 0.25) is 0 Å². The van der Waals surface area contributed by atoms with Crippen LogP contribution in [0.1, 0.15) is 17.6 Å². The molecule has 0 radical (unpaired) electrons. The van der Waals surface area contributed by atoms with Gasteiger partial charge in [-0.15, -0.1) is 0 Å². The minimum atomic E-state index is 0.105. The number of benzene rings is 1. The van der Waals surface area contributed by atoms with Gasteiger partial charge in [0.1, 0.15) is 0 Å². The van der Waals surface area contributed by atoms with Crippen LogP contribution in [0.3, 0.4) is 0 Å². The Morgan fingerprint density at radius 3 is 2.79 bits per heavy atom. The Hall–Kier alpha value is -2.51. The van der Waals surface area contributed by atoms with Crippen LogP contribution in [0.4, 0.5) is 0 Å². The smallest absolute Gasteiger partial charge is 0.295 e. The first-order valence-electron chi connectivity index (χ1n) is 8.00. The van der Waals surface area contributed by atoms with Crippen LogP contribution >= 0.6 is 0 Å². The van der Waals surface area contributed by atoms with Crippen molar-refractivity contribution < 1.29 is 8.94 Å². The SMILES string of the molecule is Cc1nc(-c2ccccc2)oc1-c1nc(C2CNCCN2C)no1. The fraction of sp³-hybridized carbons (Fsp3) is 0.353. The fourth-order valence-electron chi connectivity index (χ4n) is 2.86. The van der Waals surface area contributed by atoms with E-state index in [1.54, 1.807) is 0 Å². The molecule has 0 amide bonds. The molecule has 24 heavy (non-hydrogen) atoms. The summed E-state index contributed by atoms with van der Waals surface area (Å²) >= 11 is 0. The number of likely N-dealkylation sites (N-methyl/N-ethyl adjacent to an activating group) is 1. The van der Waals surface area contributed by atoms with Crippen molar-refractivity contribution >= 4 is 0 Å². The summed E-state index contributed by atoms with van der Waals surface area (Å²) in [5, 5.41) is 7.48. The van der Waals surface area contributed by atoms with Gasteiger partial charge in [0.15, 0.2) is 5.82 Å². The molecule has 124 valence electrons. The zero-order valence-corrected chi connectivity index (χ0v) is 13.7. The van der Waals surface area contributed by atoms with Crippen molar-refractivity contribution in [3.8, 4) is 23.1 Å². The summed E-state index contributed by atoms with van der Waals surface area (Å²) in [5.41, 5.74) is 1.65. The minimum Gasteiger partial charge on any atom is -0.431 e. The maximum atomic E-state index is 5.88. The number of piperazine rings is 1. The Balaban J connectivity index is 1.64. The Morgan fingerprint density at radius 2 is 2.00 bits per heavy atom. The molecule has 1 aliphatic rings. The maximum Gasteiger partial charge on any atom is 0.295 e. The van der Waals surface area contributed by atoms with E-state index in [0.717, 1.165) is 30.9 Å². The van der Waals surface area contributed by atoms with Crippen LogP contribution in [0.15, 0.2) is 39.3 Å². The highest BCUT2D eigenvalue weighted by atomic mass is 16.5. The van der Waals surface area contributed by atoms with Gasteiger partial charge in [0.05, 0.1) is 11.7 Å². The van der Waals surface area contributed by atoms with E-state index >= 15 is 0 Å². The van der Waals surface area contributed by atoms with Gasteiger partial charge in [-0.25, -0.2) is 4.98 Å². The molecule has 1 aliphatic heterocycles. The van der Waals surface area contributed by atoms with Crippen LogP contribution in [-0.2, 0) is 0 Å². The van der Waals surface area contributed by atoms with Crippen LogP contribution in [0.25, 0.3) is 23.1 Å². The van der Waals surface area contributed by atoms with Crippen molar-refractivity contribution in [1.29, 1.82) is 0 Å². The van der Waals surface area contributed by atoms with Gasteiger partial charge >= 0.3 is 0 Å². The number of oxazole rings is 1. The Bertz CT molecular complexity index is 827. The summed E-state index contributed by atoms with van der Waals surface area (Å²) in [6.07, 6.45) is 0. The third kappa shape index (κ3) is 2.72. The molecule has 3 aromatic rings. The summed E-state index contributed by atoms with van der Waals surface area (Å²) in [7, 11) is 2.06. The van der Waals surface area contributed by atoms with E-state index < -0.39 is 0 Å². The molecule has 1 aromatic carbocycles. The highest BCUT2D eigenvalue weighted by Gasteiger charge is 2.27. The van der Waals surface area contributed by atoms with Gasteiger partial charge in [-0.2, -0.15) is 4.98 Å². The van der Waals surface area contributed by atoms with Crippen LogP contribution in [-0.4, -0.2) is 46.7 Å². The average Bonchev–Trinajstić information content (AvgIpc) is 3.23. The first-order valence-corrected chi connectivity index (χ1v) is 8.00. The summed E-state index contributed by atoms with van der Waals surface area (Å²) in [6, 6.07) is 9.87. The predicted octanol–water partition coefficient (Wildman–Crippen LogP) is 2.28. The van der Waals surface area contributed by atoms with Gasteiger partial charge in [0, 0.05) is 25.2 Å². The third-order valence-electron chi connectivity index (χ3n) is 4.26. The van der Waals surface area contributed by atoms with Crippen molar-refractivity contribution in [2.24, 2.45) is 0 Å². The Kier molecular flexibility index (Phi) is 3.87. The summed E-state index contributed by atoms with van der Waals surface area (Å²) < 4.78 is 11.3. The largest absolute Gasteiger partial charge is 0.431 e.